The molecule has 0 saturated heterocycles. The molecule has 9 nitrogen and oxygen atoms in total. The summed E-state index contributed by atoms with van der Waals surface area (Å²) >= 11 is 0. The Balaban J connectivity index is 2.34. The molecular formula is C21H22FN3O6. The topological polar surface area (TPSA) is 113 Å². The fourth-order valence-electron chi connectivity index (χ4n) is 3.42. The van der Waals surface area contributed by atoms with Crippen LogP contribution in [0.15, 0.2) is 36.4 Å². The highest BCUT2D eigenvalue weighted by Crippen LogP contribution is 2.48. The first kappa shape index (κ1) is 22.0. The van der Waals surface area contributed by atoms with Crippen molar-refractivity contribution >= 4 is 34.7 Å². The van der Waals surface area contributed by atoms with Crippen LogP contribution in [-0.2, 0) is 4.79 Å². The molecule has 0 spiro atoms. The van der Waals surface area contributed by atoms with E-state index in [0.717, 1.165) is 11.0 Å². The highest BCUT2D eigenvalue weighted by atomic mass is 19.1. The van der Waals surface area contributed by atoms with Crippen molar-refractivity contribution in [3.8, 4) is 5.75 Å². The van der Waals surface area contributed by atoms with Gasteiger partial charge in [0.15, 0.2) is 11.4 Å². The van der Waals surface area contributed by atoms with Gasteiger partial charge in [0.25, 0.3) is 11.6 Å². The monoisotopic (exact) mass is 431 g/mol. The van der Waals surface area contributed by atoms with E-state index in [-0.39, 0.29) is 17.1 Å². The maximum Gasteiger partial charge on any atom is 0.412 e. The second-order valence-corrected chi connectivity index (χ2v) is 8.58. The molecule has 0 saturated carbocycles. The summed E-state index contributed by atoms with van der Waals surface area (Å²) in [6.07, 6.45) is -1.40. The Morgan fingerprint density at radius 1 is 1.23 bits per heavy atom. The van der Waals surface area contributed by atoms with Crippen molar-refractivity contribution in [2.45, 2.75) is 45.8 Å². The number of hydrogen-bond donors (Lipinski definition) is 1. The van der Waals surface area contributed by atoms with E-state index in [1.54, 1.807) is 20.8 Å². The van der Waals surface area contributed by atoms with Crippen LogP contribution in [0.3, 0.4) is 0 Å². The minimum atomic E-state index is -1.40. The maximum absolute atomic E-state index is 13.5. The molecule has 2 aromatic carbocycles. The second kappa shape index (κ2) is 7.22. The van der Waals surface area contributed by atoms with Gasteiger partial charge in [-0.15, -0.1) is 0 Å². The van der Waals surface area contributed by atoms with Gasteiger partial charge in [-0.1, -0.05) is 0 Å². The van der Waals surface area contributed by atoms with Gasteiger partial charge in [-0.2, -0.15) is 0 Å². The summed E-state index contributed by atoms with van der Waals surface area (Å²) in [7, 11) is 0. The summed E-state index contributed by atoms with van der Waals surface area (Å²) < 4.78 is 19.2. The van der Waals surface area contributed by atoms with Crippen LogP contribution >= 0.6 is 0 Å². The molecule has 31 heavy (non-hydrogen) atoms. The number of hydrogen-bond acceptors (Lipinski definition) is 5. The molecule has 0 atom stereocenters. The van der Waals surface area contributed by atoms with Crippen LogP contribution in [0.2, 0.25) is 0 Å². The van der Waals surface area contributed by atoms with Crippen molar-refractivity contribution in [2.24, 2.45) is 0 Å². The molecule has 0 bridgehead atoms. The Bertz CT molecular complexity index is 1080. The first-order valence-electron chi connectivity index (χ1n) is 9.39. The van der Waals surface area contributed by atoms with E-state index in [1.165, 1.54) is 49.1 Å². The first-order chi connectivity index (χ1) is 14.2. The summed E-state index contributed by atoms with van der Waals surface area (Å²) in [6, 6.07) is 7.47. The van der Waals surface area contributed by atoms with Crippen molar-refractivity contribution in [3.05, 3.63) is 52.3 Å². The van der Waals surface area contributed by atoms with Gasteiger partial charge in [-0.25, -0.2) is 9.18 Å². The molecule has 1 aliphatic rings. The number of carbonyl (C=O) groups is 2. The largest absolute Gasteiger partial charge is 0.476 e. The molecule has 2 aromatic rings. The number of fused-ring (bicyclic) bond motifs is 1. The number of carbonyl (C=O) groups excluding carboxylic acids is 1. The fourth-order valence-corrected chi connectivity index (χ4v) is 3.42. The van der Waals surface area contributed by atoms with Gasteiger partial charge < -0.3 is 9.84 Å². The zero-order valence-corrected chi connectivity index (χ0v) is 17.7. The van der Waals surface area contributed by atoms with Gasteiger partial charge >= 0.3 is 6.09 Å². The molecule has 1 N–H and O–H groups in total. The van der Waals surface area contributed by atoms with E-state index in [0.29, 0.717) is 5.69 Å². The van der Waals surface area contributed by atoms with Crippen LogP contribution in [0.4, 0.5) is 31.9 Å². The highest BCUT2D eigenvalue weighted by Gasteiger charge is 2.44. The van der Waals surface area contributed by atoms with Crippen LogP contribution < -0.4 is 14.5 Å². The van der Waals surface area contributed by atoms with E-state index < -0.39 is 39.6 Å². The number of nitro benzene ring substituents is 1. The van der Waals surface area contributed by atoms with Crippen molar-refractivity contribution in [1.82, 2.24) is 0 Å². The lowest BCUT2D eigenvalue weighted by Crippen LogP contribution is -2.51. The number of anilines is 3. The fraction of sp³-hybridized carbons (Fsp3) is 0.333. The number of carboxylic acid groups (broad SMARTS) is 1. The summed E-state index contributed by atoms with van der Waals surface area (Å²) in [5, 5.41) is 21.6. The average molecular weight is 431 g/mol. The third-order valence-corrected chi connectivity index (χ3v) is 4.76. The SMILES string of the molecule is CC1(C)Oc2cc([N+](=O)[O-])c(N(C(=O)O)C(C)(C)C)cc2N(c2ccc(F)cc2)C1=O. The lowest BCUT2D eigenvalue weighted by atomic mass is 10.0. The minimum Gasteiger partial charge on any atom is -0.476 e. The maximum atomic E-state index is 13.5. The summed E-state index contributed by atoms with van der Waals surface area (Å²) in [5.74, 6) is -0.967. The van der Waals surface area contributed by atoms with Gasteiger partial charge in [0, 0.05) is 11.2 Å². The number of benzene rings is 2. The highest BCUT2D eigenvalue weighted by molar-refractivity contribution is 6.09. The standard InChI is InChI=1S/C21H22FN3O6/c1-20(2,3)24(19(27)28)14-10-16-17(11-15(14)25(29)30)31-21(4,5)18(26)23(16)13-8-6-12(22)7-9-13/h6-11H,1-5H3,(H,27,28). The molecule has 0 unspecified atom stereocenters. The average Bonchev–Trinajstić information content (AvgIpc) is 2.62. The molecule has 1 heterocycles. The van der Waals surface area contributed by atoms with E-state index >= 15 is 0 Å². The van der Waals surface area contributed by atoms with Crippen molar-refractivity contribution in [2.75, 3.05) is 9.80 Å². The molecule has 1 aliphatic heterocycles. The minimum absolute atomic E-state index is 0.0311. The first-order valence-corrected chi connectivity index (χ1v) is 9.39. The molecular weight excluding hydrogens is 409 g/mol. The zero-order valence-electron chi connectivity index (χ0n) is 17.7. The Morgan fingerprint density at radius 2 is 1.81 bits per heavy atom. The zero-order chi connectivity index (χ0) is 23.3. The Morgan fingerprint density at radius 3 is 2.29 bits per heavy atom. The van der Waals surface area contributed by atoms with Crippen molar-refractivity contribution < 1.29 is 28.7 Å². The lowest BCUT2D eigenvalue weighted by Gasteiger charge is -2.40. The van der Waals surface area contributed by atoms with Gasteiger partial charge in [0.1, 0.15) is 11.5 Å². The quantitative estimate of drug-likeness (QED) is 0.549. The normalized spacial score (nSPS) is 15.2. The van der Waals surface area contributed by atoms with Crippen molar-refractivity contribution in [3.63, 3.8) is 0 Å². The van der Waals surface area contributed by atoms with Gasteiger partial charge in [-0.05, 0) is 65.0 Å². The molecule has 10 heteroatoms. The summed E-state index contributed by atoms with van der Waals surface area (Å²) in [6.45, 7) is 7.78. The van der Waals surface area contributed by atoms with Gasteiger partial charge in [0.05, 0.1) is 16.7 Å². The third-order valence-electron chi connectivity index (χ3n) is 4.76. The summed E-state index contributed by atoms with van der Waals surface area (Å²) in [5.41, 5.74) is -2.67. The smallest absolute Gasteiger partial charge is 0.412 e. The lowest BCUT2D eigenvalue weighted by molar-refractivity contribution is -0.384. The predicted molar refractivity (Wildman–Crippen MR) is 112 cm³/mol. The van der Waals surface area contributed by atoms with E-state index in [9.17, 15) is 29.2 Å². The Kier molecular flexibility index (Phi) is 5.13. The van der Waals surface area contributed by atoms with Crippen LogP contribution in [0.25, 0.3) is 0 Å². The molecule has 164 valence electrons. The van der Waals surface area contributed by atoms with Crippen LogP contribution in [0, 0.1) is 15.9 Å². The molecule has 3 rings (SSSR count). The van der Waals surface area contributed by atoms with Crippen LogP contribution in [0.5, 0.6) is 5.75 Å². The van der Waals surface area contributed by atoms with E-state index in [1.807, 2.05) is 0 Å². The number of amides is 2. The predicted octanol–water partition coefficient (Wildman–Crippen LogP) is 4.85. The van der Waals surface area contributed by atoms with Crippen LogP contribution in [-0.4, -0.2) is 33.2 Å². The number of rotatable bonds is 3. The molecule has 0 radical (unpaired) electrons. The van der Waals surface area contributed by atoms with E-state index in [4.69, 9.17) is 4.74 Å². The third kappa shape index (κ3) is 3.88. The van der Waals surface area contributed by atoms with Gasteiger partial charge in [-0.3, -0.25) is 24.7 Å². The Labute approximate surface area is 177 Å². The summed E-state index contributed by atoms with van der Waals surface area (Å²) in [4.78, 5) is 38.4. The Hall–Kier alpha value is -3.69. The number of halogens is 1. The van der Waals surface area contributed by atoms with Crippen LogP contribution in [0.1, 0.15) is 34.6 Å². The molecule has 2 amide bonds. The number of nitrogens with zero attached hydrogens (tertiary/aromatic N) is 3. The van der Waals surface area contributed by atoms with Crippen molar-refractivity contribution in [1.29, 1.82) is 0 Å². The number of nitro groups is 1. The van der Waals surface area contributed by atoms with Gasteiger partial charge in [0.2, 0.25) is 0 Å². The number of ether oxygens (including phenoxy) is 1. The molecule has 0 aliphatic carbocycles. The molecule has 0 fully saturated rings. The van der Waals surface area contributed by atoms with E-state index in [2.05, 4.69) is 0 Å². The molecule has 0 aromatic heterocycles. The second-order valence-electron chi connectivity index (χ2n) is 8.58.